The Kier molecular flexibility index (Phi) is 2.38. The Morgan fingerprint density at radius 1 is 1.26 bits per heavy atom. The van der Waals surface area contributed by atoms with Crippen molar-refractivity contribution in [1.29, 1.82) is 0 Å². The summed E-state index contributed by atoms with van der Waals surface area (Å²) in [6.45, 7) is 0. The lowest BCUT2D eigenvalue weighted by Gasteiger charge is -1.96. The number of fused-ring (bicyclic) bond motifs is 1. The molecule has 0 atom stereocenters. The number of carboxylic acid groups (broad SMARTS) is 1. The molecule has 3 heterocycles. The molecule has 0 spiro atoms. The summed E-state index contributed by atoms with van der Waals surface area (Å²) in [5.41, 5.74) is 1.31. The number of carbonyl (C=O) groups is 1. The lowest BCUT2D eigenvalue weighted by Crippen LogP contribution is -2.10. The SMILES string of the molecule is O=C(O)n1nc(-c2ccncc2)c2cc(O)cnc21. The van der Waals surface area contributed by atoms with Gasteiger partial charge in [0.25, 0.3) is 0 Å². The van der Waals surface area contributed by atoms with Crippen LogP contribution in [-0.2, 0) is 0 Å². The zero-order valence-corrected chi connectivity index (χ0v) is 9.56. The summed E-state index contributed by atoms with van der Waals surface area (Å²) in [4.78, 5) is 18.9. The molecule has 0 aliphatic rings. The fourth-order valence-electron chi connectivity index (χ4n) is 1.85. The minimum Gasteiger partial charge on any atom is -0.506 e. The Morgan fingerprint density at radius 2 is 2.00 bits per heavy atom. The molecule has 19 heavy (non-hydrogen) atoms. The van der Waals surface area contributed by atoms with Crippen molar-refractivity contribution in [2.75, 3.05) is 0 Å². The van der Waals surface area contributed by atoms with Gasteiger partial charge in [-0.05, 0) is 18.2 Å². The Labute approximate surface area is 106 Å². The highest BCUT2D eigenvalue weighted by atomic mass is 16.4. The second kappa shape index (κ2) is 4.05. The number of hydrogen-bond donors (Lipinski definition) is 2. The molecule has 0 fully saturated rings. The lowest BCUT2D eigenvalue weighted by atomic mass is 10.1. The topological polar surface area (TPSA) is 101 Å². The summed E-state index contributed by atoms with van der Waals surface area (Å²) in [7, 11) is 0. The standard InChI is InChI=1S/C12H8N4O3/c17-8-5-9-10(7-1-3-13-4-2-7)15-16(12(18)19)11(9)14-6-8/h1-6,17H,(H,18,19). The number of rotatable bonds is 1. The van der Waals surface area contributed by atoms with E-state index in [1.54, 1.807) is 24.5 Å². The number of hydrogen-bond acceptors (Lipinski definition) is 5. The number of aromatic nitrogens is 4. The molecule has 0 unspecified atom stereocenters. The third-order valence-electron chi connectivity index (χ3n) is 2.64. The van der Waals surface area contributed by atoms with Crippen LogP contribution in [0.5, 0.6) is 5.75 Å². The molecular formula is C12H8N4O3. The van der Waals surface area contributed by atoms with Gasteiger partial charge in [0.05, 0.1) is 11.6 Å². The van der Waals surface area contributed by atoms with Crippen molar-refractivity contribution in [3.05, 3.63) is 36.8 Å². The van der Waals surface area contributed by atoms with Gasteiger partial charge in [0.1, 0.15) is 11.4 Å². The molecule has 3 rings (SSSR count). The molecule has 0 amide bonds. The minimum atomic E-state index is -1.23. The fourth-order valence-corrected chi connectivity index (χ4v) is 1.85. The first-order valence-corrected chi connectivity index (χ1v) is 5.38. The predicted octanol–water partition coefficient (Wildman–Crippen LogP) is 1.72. The zero-order valence-electron chi connectivity index (χ0n) is 9.56. The lowest BCUT2D eigenvalue weighted by molar-refractivity contribution is 0.194. The third kappa shape index (κ3) is 1.77. The molecule has 0 saturated heterocycles. The number of aromatic hydroxyl groups is 1. The number of pyridine rings is 2. The maximum atomic E-state index is 11.1. The highest BCUT2D eigenvalue weighted by Crippen LogP contribution is 2.28. The monoisotopic (exact) mass is 256 g/mol. The van der Waals surface area contributed by atoms with E-state index in [4.69, 9.17) is 5.11 Å². The smallest absolute Gasteiger partial charge is 0.434 e. The Morgan fingerprint density at radius 3 is 2.68 bits per heavy atom. The van der Waals surface area contributed by atoms with Crippen molar-refractivity contribution in [3.8, 4) is 17.0 Å². The van der Waals surface area contributed by atoms with Crippen molar-refractivity contribution in [2.24, 2.45) is 0 Å². The van der Waals surface area contributed by atoms with Crippen LogP contribution >= 0.6 is 0 Å². The summed E-state index contributed by atoms with van der Waals surface area (Å²) in [6.07, 6.45) is 3.11. The Bertz CT molecular complexity index is 767. The van der Waals surface area contributed by atoms with Gasteiger partial charge < -0.3 is 10.2 Å². The van der Waals surface area contributed by atoms with Crippen LogP contribution in [0.2, 0.25) is 0 Å². The Hall–Kier alpha value is -2.96. The van der Waals surface area contributed by atoms with Gasteiger partial charge >= 0.3 is 6.09 Å². The van der Waals surface area contributed by atoms with Gasteiger partial charge in [0, 0.05) is 18.0 Å². The van der Waals surface area contributed by atoms with Crippen molar-refractivity contribution in [1.82, 2.24) is 19.7 Å². The number of nitrogens with zero attached hydrogens (tertiary/aromatic N) is 4. The van der Waals surface area contributed by atoms with Crippen LogP contribution in [0.1, 0.15) is 0 Å². The molecule has 0 aromatic carbocycles. The maximum Gasteiger partial charge on any atom is 0.434 e. The van der Waals surface area contributed by atoms with Gasteiger partial charge in [-0.3, -0.25) is 4.98 Å². The summed E-state index contributed by atoms with van der Waals surface area (Å²) in [5, 5.41) is 23.1. The van der Waals surface area contributed by atoms with Gasteiger partial charge in [-0.1, -0.05) is 0 Å². The average molecular weight is 256 g/mol. The van der Waals surface area contributed by atoms with E-state index in [1.807, 2.05) is 0 Å². The normalized spacial score (nSPS) is 10.7. The first kappa shape index (κ1) is 11.1. The van der Waals surface area contributed by atoms with E-state index in [1.165, 1.54) is 12.3 Å². The molecule has 0 saturated carbocycles. The average Bonchev–Trinajstić information content (AvgIpc) is 2.78. The van der Waals surface area contributed by atoms with Crippen molar-refractivity contribution >= 4 is 17.1 Å². The summed E-state index contributed by atoms with van der Waals surface area (Å²) >= 11 is 0. The van der Waals surface area contributed by atoms with Crippen LogP contribution < -0.4 is 0 Å². The van der Waals surface area contributed by atoms with Gasteiger partial charge in [0.15, 0.2) is 5.65 Å². The third-order valence-corrected chi connectivity index (χ3v) is 2.64. The van der Waals surface area contributed by atoms with Gasteiger partial charge in [-0.25, -0.2) is 9.78 Å². The summed E-state index contributed by atoms with van der Waals surface area (Å²) in [5.74, 6) is -0.0484. The van der Waals surface area contributed by atoms with Crippen LogP contribution in [-0.4, -0.2) is 36.1 Å². The van der Waals surface area contributed by atoms with Crippen molar-refractivity contribution in [3.63, 3.8) is 0 Å². The van der Waals surface area contributed by atoms with Crippen LogP contribution in [0.3, 0.4) is 0 Å². The van der Waals surface area contributed by atoms with Crippen LogP contribution in [0.4, 0.5) is 4.79 Å². The van der Waals surface area contributed by atoms with Crippen LogP contribution in [0.25, 0.3) is 22.3 Å². The van der Waals surface area contributed by atoms with Crippen LogP contribution in [0, 0.1) is 0 Å². The summed E-state index contributed by atoms with van der Waals surface area (Å²) < 4.78 is 0.782. The van der Waals surface area contributed by atoms with E-state index < -0.39 is 6.09 Å². The molecule has 0 aliphatic heterocycles. The van der Waals surface area contributed by atoms with Crippen LogP contribution in [0.15, 0.2) is 36.8 Å². The van der Waals surface area contributed by atoms with E-state index in [9.17, 15) is 9.90 Å². The van der Waals surface area contributed by atoms with E-state index in [0.29, 0.717) is 16.6 Å². The van der Waals surface area contributed by atoms with Gasteiger partial charge in [-0.2, -0.15) is 5.10 Å². The maximum absolute atomic E-state index is 11.1. The molecule has 3 aromatic heterocycles. The largest absolute Gasteiger partial charge is 0.506 e. The van der Waals surface area contributed by atoms with E-state index in [-0.39, 0.29) is 11.4 Å². The quantitative estimate of drug-likeness (QED) is 0.687. The molecule has 2 N–H and O–H groups in total. The molecular weight excluding hydrogens is 248 g/mol. The zero-order chi connectivity index (χ0) is 13.4. The first-order chi connectivity index (χ1) is 9.16. The second-order valence-corrected chi connectivity index (χ2v) is 3.84. The van der Waals surface area contributed by atoms with Gasteiger partial charge in [0.2, 0.25) is 0 Å². The molecule has 0 bridgehead atoms. The molecule has 7 heteroatoms. The van der Waals surface area contributed by atoms with E-state index in [2.05, 4.69) is 15.1 Å². The highest BCUT2D eigenvalue weighted by molar-refractivity contribution is 5.95. The molecule has 0 aliphatic carbocycles. The molecule has 7 nitrogen and oxygen atoms in total. The predicted molar refractivity (Wildman–Crippen MR) is 65.8 cm³/mol. The molecule has 0 radical (unpaired) electrons. The second-order valence-electron chi connectivity index (χ2n) is 3.84. The summed E-state index contributed by atoms with van der Waals surface area (Å²) in [6, 6.07) is 4.85. The van der Waals surface area contributed by atoms with Crippen molar-refractivity contribution in [2.45, 2.75) is 0 Å². The van der Waals surface area contributed by atoms with Gasteiger partial charge in [-0.15, -0.1) is 4.68 Å². The first-order valence-electron chi connectivity index (χ1n) is 5.38. The molecule has 94 valence electrons. The van der Waals surface area contributed by atoms with E-state index >= 15 is 0 Å². The van der Waals surface area contributed by atoms with Crippen molar-refractivity contribution < 1.29 is 15.0 Å². The van der Waals surface area contributed by atoms with E-state index in [0.717, 1.165) is 4.68 Å². The Balaban J connectivity index is 2.36. The fraction of sp³-hybridized carbons (Fsp3) is 0. The highest BCUT2D eigenvalue weighted by Gasteiger charge is 2.17. The molecule has 3 aromatic rings. The minimum absolute atomic E-state index is 0.0484.